The van der Waals surface area contributed by atoms with E-state index in [4.69, 9.17) is 0 Å². The van der Waals surface area contributed by atoms with Gasteiger partial charge in [-0.2, -0.15) is 0 Å². The largest absolute Gasteiger partial charge is 0.375 e. The zero-order valence-corrected chi connectivity index (χ0v) is 10.8. The van der Waals surface area contributed by atoms with Crippen molar-refractivity contribution >= 4 is 23.4 Å². The average molecular weight is 250 g/mol. The van der Waals surface area contributed by atoms with Crippen LogP contribution in [0.1, 0.15) is 12.8 Å². The summed E-state index contributed by atoms with van der Waals surface area (Å²) in [4.78, 5) is 12.7. The molecule has 1 saturated carbocycles. The topological polar surface area (TPSA) is 41.1 Å². The fourth-order valence-corrected chi connectivity index (χ4v) is 2.18. The third-order valence-electron chi connectivity index (χ3n) is 2.83. The van der Waals surface area contributed by atoms with Crippen molar-refractivity contribution in [3.05, 3.63) is 24.3 Å². The third kappa shape index (κ3) is 3.97. The molecule has 0 bridgehead atoms. The monoisotopic (exact) mass is 250 g/mol. The van der Waals surface area contributed by atoms with Gasteiger partial charge in [-0.15, -0.1) is 11.8 Å². The summed E-state index contributed by atoms with van der Waals surface area (Å²) in [6, 6.07) is 8.03. The van der Waals surface area contributed by atoms with Crippen LogP contribution >= 0.6 is 11.8 Å². The molecule has 1 fully saturated rings. The van der Waals surface area contributed by atoms with Gasteiger partial charge in [0, 0.05) is 17.1 Å². The quantitative estimate of drug-likeness (QED) is 0.761. The smallest absolute Gasteiger partial charge is 0.239 e. The van der Waals surface area contributed by atoms with E-state index in [9.17, 15) is 4.79 Å². The van der Waals surface area contributed by atoms with E-state index in [1.807, 2.05) is 24.5 Å². The van der Waals surface area contributed by atoms with Crippen LogP contribution in [-0.2, 0) is 4.79 Å². The number of rotatable bonds is 6. The van der Waals surface area contributed by atoms with Crippen LogP contribution < -0.4 is 10.6 Å². The third-order valence-corrected chi connectivity index (χ3v) is 3.63. The molecule has 92 valence electrons. The van der Waals surface area contributed by atoms with E-state index in [2.05, 4.69) is 16.7 Å². The standard InChI is InChI=1S/C13H18N2OS/c1-17-12-5-3-2-4-11(12)14-9-13(16)15-8-10-6-7-10/h2-5,10,14H,6-9H2,1H3,(H,15,16). The molecular formula is C13H18N2OS. The highest BCUT2D eigenvalue weighted by molar-refractivity contribution is 7.98. The normalized spacial score (nSPS) is 14.4. The van der Waals surface area contributed by atoms with Crippen molar-refractivity contribution in [1.82, 2.24) is 5.32 Å². The van der Waals surface area contributed by atoms with E-state index in [1.54, 1.807) is 11.8 Å². The molecule has 0 spiro atoms. The number of para-hydroxylation sites is 1. The predicted molar refractivity (Wildman–Crippen MR) is 72.4 cm³/mol. The molecule has 0 unspecified atom stereocenters. The van der Waals surface area contributed by atoms with Crippen LogP contribution in [0.5, 0.6) is 0 Å². The number of benzene rings is 1. The molecule has 2 rings (SSSR count). The van der Waals surface area contributed by atoms with Crippen molar-refractivity contribution in [2.24, 2.45) is 5.92 Å². The van der Waals surface area contributed by atoms with Crippen LogP contribution in [-0.4, -0.2) is 25.3 Å². The molecular weight excluding hydrogens is 232 g/mol. The minimum atomic E-state index is 0.0767. The molecule has 0 aliphatic heterocycles. The molecule has 4 heteroatoms. The van der Waals surface area contributed by atoms with Gasteiger partial charge in [0.05, 0.1) is 6.54 Å². The summed E-state index contributed by atoms with van der Waals surface area (Å²) in [5, 5.41) is 6.12. The van der Waals surface area contributed by atoms with E-state index in [0.717, 1.165) is 18.2 Å². The Balaban J connectivity index is 1.77. The Morgan fingerprint density at radius 1 is 1.41 bits per heavy atom. The predicted octanol–water partition coefficient (Wildman–Crippen LogP) is 2.35. The summed E-state index contributed by atoms with van der Waals surface area (Å²) in [6.07, 6.45) is 4.57. The van der Waals surface area contributed by atoms with Gasteiger partial charge in [-0.05, 0) is 37.1 Å². The minimum absolute atomic E-state index is 0.0767. The van der Waals surface area contributed by atoms with Gasteiger partial charge in [-0.25, -0.2) is 0 Å². The lowest BCUT2D eigenvalue weighted by atomic mass is 10.3. The Morgan fingerprint density at radius 2 is 2.18 bits per heavy atom. The van der Waals surface area contributed by atoms with Gasteiger partial charge in [0.1, 0.15) is 0 Å². The van der Waals surface area contributed by atoms with Crippen molar-refractivity contribution in [3.8, 4) is 0 Å². The van der Waals surface area contributed by atoms with Crippen LogP contribution in [0.3, 0.4) is 0 Å². The molecule has 0 heterocycles. The number of hydrogen-bond donors (Lipinski definition) is 2. The average Bonchev–Trinajstić information content (AvgIpc) is 3.18. The van der Waals surface area contributed by atoms with Crippen LogP contribution in [0.2, 0.25) is 0 Å². The second kappa shape index (κ2) is 5.96. The number of nitrogens with one attached hydrogen (secondary N) is 2. The Kier molecular flexibility index (Phi) is 4.31. The van der Waals surface area contributed by atoms with Gasteiger partial charge in [-0.1, -0.05) is 12.1 Å². The molecule has 1 aliphatic carbocycles. The van der Waals surface area contributed by atoms with Gasteiger partial charge >= 0.3 is 0 Å². The van der Waals surface area contributed by atoms with Crippen molar-refractivity contribution in [2.45, 2.75) is 17.7 Å². The van der Waals surface area contributed by atoms with E-state index in [-0.39, 0.29) is 5.91 Å². The summed E-state index contributed by atoms with van der Waals surface area (Å²) in [5.41, 5.74) is 1.03. The van der Waals surface area contributed by atoms with Crippen molar-refractivity contribution in [3.63, 3.8) is 0 Å². The van der Waals surface area contributed by atoms with Crippen LogP contribution in [0, 0.1) is 5.92 Å². The first-order valence-electron chi connectivity index (χ1n) is 5.93. The first-order chi connectivity index (χ1) is 8.29. The molecule has 2 N–H and O–H groups in total. The number of thioether (sulfide) groups is 1. The maximum Gasteiger partial charge on any atom is 0.239 e. The molecule has 0 radical (unpaired) electrons. The lowest BCUT2D eigenvalue weighted by Gasteiger charge is -2.10. The zero-order chi connectivity index (χ0) is 12.1. The number of anilines is 1. The highest BCUT2D eigenvalue weighted by atomic mass is 32.2. The minimum Gasteiger partial charge on any atom is -0.375 e. The Morgan fingerprint density at radius 3 is 2.88 bits per heavy atom. The summed E-state index contributed by atoms with van der Waals surface area (Å²) in [6.45, 7) is 1.19. The zero-order valence-electron chi connectivity index (χ0n) is 10.0. The molecule has 1 aromatic rings. The van der Waals surface area contributed by atoms with Crippen molar-refractivity contribution < 1.29 is 4.79 Å². The van der Waals surface area contributed by atoms with Crippen LogP contribution in [0.4, 0.5) is 5.69 Å². The second-order valence-electron chi connectivity index (χ2n) is 4.30. The van der Waals surface area contributed by atoms with Crippen LogP contribution in [0.15, 0.2) is 29.2 Å². The Bertz CT molecular complexity index is 391. The van der Waals surface area contributed by atoms with E-state index < -0.39 is 0 Å². The maximum atomic E-state index is 11.6. The van der Waals surface area contributed by atoms with Crippen molar-refractivity contribution in [2.75, 3.05) is 24.7 Å². The summed E-state index contributed by atoms with van der Waals surface area (Å²) in [7, 11) is 0. The summed E-state index contributed by atoms with van der Waals surface area (Å²) < 4.78 is 0. The van der Waals surface area contributed by atoms with Gasteiger partial charge < -0.3 is 10.6 Å². The number of amides is 1. The Labute approximate surface area is 106 Å². The number of carbonyl (C=O) groups is 1. The van der Waals surface area contributed by atoms with Crippen LogP contribution in [0.25, 0.3) is 0 Å². The molecule has 1 aliphatic rings. The fraction of sp³-hybridized carbons (Fsp3) is 0.462. The summed E-state index contributed by atoms with van der Waals surface area (Å²) >= 11 is 1.68. The van der Waals surface area contributed by atoms with E-state index in [1.165, 1.54) is 17.7 Å². The molecule has 1 amide bonds. The first-order valence-corrected chi connectivity index (χ1v) is 7.15. The maximum absolute atomic E-state index is 11.6. The lowest BCUT2D eigenvalue weighted by molar-refractivity contribution is -0.119. The second-order valence-corrected chi connectivity index (χ2v) is 5.15. The van der Waals surface area contributed by atoms with Gasteiger partial charge in [0.2, 0.25) is 5.91 Å². The molecule has 1 aromatic carbocycles. The first kappa shape index (κ1) is 12.3. The van der Waals surface area contributed by atoms with E-state index >= 15 is 0 Å². The number of hydrogen-bond acceptors (Lipinski definition) is 3. The van der Waals surface area contributed by atoms with Gasteiger partial charge in [-0.3, -0.25) is 4.79 Å². The van der Waals surface area contributed by atoms with Gasteiger partial charge in [0.15, 0.2) is 0 Å². The molecule has 0 aromatic heterocycles. The SMILES string of the molecule is CSc1ccccc1NCC(=O)NCC1CC1. The lowest BCUT2D eigenvalue weighted by Crippen LogP contribution is -2.31. The molecule has 0 atom stereocenters. The fourth-order valence-electron chi connectivity index (χ4n) is 1.61. The van der Waals surface area contributed by atoms with Crippen molar-refractivity contribution in [1.29, 1.82) is 0 Å². The Hall–Kier alpha value is -1.16. The molecule has 0 saturated heterocycles. The molecule has 17 heavy (non-hydrogen) atoms. The van der Waals surface area contributed by atoms with Gasteiger partial charge in [0.25, 0.3) is 0 Å². The number of carbonyl (C=O) groups excluding carboxylic acids is 1. The highest BCUT2D eigenvalue weighted by Gasteiger charge is 2.21. The molecule has 3 nitrogen and oxygen atoms in total. The summed E-state index contributed by atoms with van der Waals surface area (Å²) in [5.74, 6) is 0.810. The highest BCUT2D eigenvalue weighted by Crippen LogP contribution is 2.27. The van der Waals surface area contributed by atoms with E-state index in [0.29, 0.717) is 6.54 Å².